The summed E-state index contributed by atoms with van der Waals surface area (Å²) in [6.45, 7) is 3.86. The van der Waals surface area contributed by atoms with E-state index in [0.717, 1.165) is 5.56 Å². The highest BCUT2D eigenvalue weighted by atomic mass is 16.5. The summed E-state index contributed by atoms with van der Waals surface area (Å²) in [6, 6.07) is 4.82. The normalized spacial score (nSPS) is 18.4. The zero-order valence-electron chi connectivity index (χ0n) is 12.1. The maximum atomic E-state index is 11.9. The van der Waals surface area contributed by atoms with Gasteiger partial charge in [0.2, 0.25) is 0 Å². The molecule has 0 saturated heterocycles. The Bertz CT molecular complexity index is 555. The van der Waals surface area contributed by atoms with Crippen LogP contribution in [0.5, 0.6) is 11.5 Å². The van der Waals surface area contributed by atoms with Crippen LogP contribution in [0.1, 0.15) is 25.5 Å². The van der Waals surface area contributed by atoms with E-state index < -0.39 is 0 Å². The lowest BCUT2D eigenvalue weighted by Gasteiger charge is -2.28. The molecule has 1 aromatic rings. The Morgan fingerprint density at radius 3 is 2.45 bits per heavy atom. The Morgan fingerprint density at radius 2 is 1.90 bits per heavy atom. The average molecular weight is 277 g/mol. The second-order valence-electron chi connectivity index (χ2n) is 4.84. The maximum Gasteiger partial charge on any atom is 0.346 e. The van der Waals surface area contributed by atoms with Crippen LogP contribution in [-0.2, 0) is 0 Å². The standard InChI is InChI=1S/C14H19N3O3/c1-8(2)17-12(13(15)16-14(17)18)9-5-6-10(19-3)11(7-9)20-4/h5-8,12H,1-4H3,(H2,15,16,18). The van der Waals surface area contributed by atoms with Crippen molar-refractivity contribution in [3.8, 4) is 11.5 Å². The highest BCUT2D eigenvalue weighted by Gasteiger charge is 2.36. The van der Waals surface area contributed by atoms with Gasteiger partial charge in [-0.25, -0.2) is 4.79 Å². The topological polar surface area (TPSA) is 77.2 Å². The summed E-state index contributed by atoms with van der Waals surface area (Å²) in [5, 5.41) is 0. The van der Waals surface area contributed by atoms with E-state index in [1.807, 2.05) is 26.0 Å². The highest BCUT2D eigenvalue weighted by Crippen LogP contribution is 2.34. The first-order valence-electron chi connectivity index (χ1n) is 6.37. The van der Waals surface area contributed by atoms with Gasteiger partial charge in [0, 0.05) is 6.04 Å². The lowest BCUT2D eigenvalue weighted by molar-refractivity contribution is 0.190. The summed E-state index contributed by atoms with van der Waals surface area (Å²) in [5.74, 6) is 1.53. The Hall–Kier alpha value is -2.24. The first-order chi connectivity index (χ1) is 9.49. The summed E-state index contributed by atoms with van der Waals surface area (Å²) in [7, 11) is 3.14. The highest BCUT2D eigenvalue weighted by molar-refractivity contribution is 6.03. The number of benzene rings is 1. The van der Waals surface area contributed by atoms with Crippen molar-refractivity contribution in [2.24, 2.45) is 10.7 Å². The van der Waals surface area contributed by atoms with Crippen molar-refractivity contribution in [3.63, 3.8) is 0 Å². The summed E-state index contributed by atoms with van der Waals surface area (Å²) < 4.78 is 10.5. The van der Waals surface area contributed by atoms with Gasteiger partial charge >= 0.3 is 6.03 Å². The summed E-state index contributed by atoms with van der Waals surface area (Å²) in [5.41, 5.74) is 6.76. The number of urea groups is 1. The molecule has 1 atom stereocenters. The van der Waals surface area contributed by atoms with E-state index in [4.69, 9.17) is 15.2 Å². The van der Waals surface area contributed by atoms with Gasteiger partial charge in [0.05, 0.1) is 14.2 Å². The molecule has 0 aliphatic carbocycles. The summed E-state index contributed by atoms with van der Waals surface area (Å²) in [6.07, 6.45) is 0. The quantitative estimate of drug-likeness (QED) is 0.912. The fourth-order valence-electron chi connectivity index (χ4n) is 2.36. The van der Waals surface area contributed by atoms with Crippen molar-refractivity contribution >= 4 is 11.9 Å². The van der Waals surface area contributed by atoms with Gasteiger partial charge in [-0.1, -0.05) is 6.07 Å². The van der Waals surface area contributed by atoms with Crippen LogP contribution in [-0.4, -0.2) is 37.0 Å². The molecule has 0 fully saturated rings. The van der Waals surface area contributed by atoms with E-state index in [0.29, 0.717) is 17.3 Å². The Labute approximate surface area is 118 Å². The van der Waals surface area contributed by atoms with Gasteiger partial charge < -0.3 is 20.1 Å². The molecule has 2 N–H and O–H groups in total. The van der Waals surface area contributed by atoms with E-state index in [1.54, 1.807) is 25.2 Å². The molecule has 0 aromatic heterocycles. The third-order valence-electron chi connectivity index (χ3n) is 3.28. The molecule has 108 valence electrons. The van der Waals surface area contributed by atoms with Gasteiger partial charge in [-0.2, -0.15) is 4.99 Å². The second-order valence-corrected chi connectivity index (χ2v) is 4.84. The summed E-state index contributed by atoms with van der Waals surface area (Å²) >= 11 is 0. The SMILES string of the molecule is COc1ccc(C2C(N)=NC(=O)N2C(C)C)cc1OC. The van der Waals surface area contributed by atoms with E-state index in [9.17, 15) is 4.79 Å². The fraction of sp³-hybridized carbons (Fsp3) is 0.429. The van der Waals surface area contributed by atoms with E-state index in [1.165, 1.54) is 0 Å². The fourth-order valence-corrected chi connectivity index (χ4v) is 2.36. The Morgan fingerprint density at radius 1 is 1.25 bits per heavy atom. The molecule has 20 heavy (non-hydrogen) atoms. The molecular formula is C14H19N3O3. The smallest absolute Gasteiger partial charge is 0.346 e. The minimum absolute atomic E-state index is 0.00500. The van der Waals surface area contributed by atoms with Crippen LogP contribution >= 0.6 is 0 Å². The van der Waals surface area contributed by atoms with E-state index >= 15 is 0 Å². The number of nitrogens with two attached hydrogens (primary N) is 1. The molecule has 1 unspecified atom stereocenters. The monoisotopic (exact) mass is 277 g/mol. The Kier molecular flexibility index (Phi) is 3.83. The minimum atomic E-state index is -0.359. The average Bonchev–Trinajstić information content (AvgIpc) is 2.72. The first kappa shape index (κ1) is 14.2. The van der Waals surface area contributed by atoms with Crippen molar-refractivity contribution in [3.05, 3.63) is 23.8 Å². The van der Waals surface area contributed by atoms with Gasteiger partial charge in [0.1, 0.15) is 11.9 Å². The number of carbonyl (C=O) groups excluding carboxylic acids is 1. The number of carbonyl (C=O) groups is 1. The van der Waals surface area contributed by atoms with Crippen molar-refractivity contribution in [1.29, 1.82) is 0 Å². The lowest BCUT2D eigenvalue weighted by atomic mass is 10.0. The molecule has 6 heteroatoms. The molecule has 2 rings (SSSR count). The largest absolute Gasteiger partial charge is 0.493 e. The number of aliphatic imine (C=N–C) groups is 1. The zero-order valence-corrected chi connectivity index (χ0v) is 12.1. The molecule has 0 radical (unpaired) electrons. The van der Waals surface area contributed by atoms with Gasteiger partial charge in [-0.3, -0.25) is 0 Å². The van der Waals surface area contributed by atoms with Crippen LogP contribution in [0, 0.1) is 0 Å². The minimum Gasteiger partial charge on any atom is -0.493 e. The molecule has 2 amide bonds. The van der Waals surface area contributed by atoms with Crippen molar-refractivity contribution < 1.29 is 14.3 Å². The van der Waals surface area contributed by atoms with Crippen LogP contribution < -0.4 is 15.2 Å². The van der Waals surface area contributed by atoms with Gasteiger partial charge in [0.25, 0.3) is 0 Å². The van der Waals surface area contributed by atoms with Crippen LogP contribution in [0.4, 0.5) is 4.79 Å². The molecule has 1 aliphatic rings. The molecule has 1 aliphatic heterocycles. The van der Waals surface area contributed by atoms with Crippen molar-refractivity contribution in [2.75, 3.05) is 14.2 Å². The molecule has 1 aromatic carbocycles. The number of rotatable bonds is 4. The van der Waals surface area contributed by atoms with Crippen LogP contribution in [0.2, 0.25) is 0 Å². The molecule has 0 spiro atoms. The van der Waals surface area contributed by atoms with Crippen molar-refractivity contribution in [1.82, 2.24) is 4.90 Å². The third-order valence-corrected chi connectivity index (χ3v) is 3.28. The van der Waals surface area contributed by atoms with Crippen molar-refractivity contribution in [2.45, 2.75) is 25.9 Å². The van der Waals surface area contributed by atoms with Crippen LogP contribution in [0.25, 0.3) is 0 Å². The molecule has 6 nitrogen and oxygen atoms in total. The van der Waals surface area contributed by atoms with Crippen LogP contribution in [0.15, 0.2) is 23.2 Å². The van der Waals surface area contributed by atoms with E-state index in [-0.39, 0.29) is 18.1 Å². The molecular weight excluding hydrogens is 258 g/mol. The Balaban J connectivity index is 2.44. The number of amides is 2. The lowest BCUT2D eigenvalue weighted by Crippen LogP contribution is -2.38. The summed E-state index contributed by atoms with van der Waals surface area (Å²) in [4.78, 5) is 17.4. The third kappa shape index (κ3) is 2.29. The van der Waals surface area contributed by atoms with Gasteiger partial charge in [-0.15, -0.1) is 0 Å². The number of amidine groups is 1. The van der Waals surface area contributed by atoms with Crippen LogP contribution in [0.3, 0.4) is 0 Å². The van der Waals surface area contributed by atoms with E-state index in [2.05, 4.69) is 4.99 Å². The molecule has 0 saturated carbocycles. The van der Waals surface area contributed by atoms with Gasteiger partial charge in [-0.05, 0) is 31.5 Å². The second kappa shape index (κ2) is 5.40. The number of nitrogens with zero attached hydrogens (tertiary/aromatic N) is 2. The zero-order chi connectivity index (χ0) is 14.9. The predicted molar refractivity (Wildman–Crippen MR) is 76.3 cm³/mol. The molecule has 1 heterocycles. The predicted octanol–water partition coefficient (Wildman–Crippen LogP) is 1.95. The number of ether oxygens (including phenoxy) is 2. The first-order valence-corrected chi connectivity index (χ1v) is 6.37. The number of hydrogen-bond acceptors (Lipinski definition) is 4. The molecule has 0 bridgehead atoms. The van der Waals surface area contributed by atoms with Gasteiger partial charge in [0.15, 0.2) is 11.5 Å². The number of hydrogen-bond donors (Lipinski definition) is 1. The maximum absolute atomic E-state index is 11.9. The number of methoxy groups -OCH3 is 2.